The van der Waals surface area contributed by atoms with Crippen LogP contribution >= 0.6 is 12.2 Å². The largest absolute Gasteiger partial charge is 0.304 e. The Bertz CT molecular complexity index is 401. The highest BCUT2D eigenvalue weighted by atomic mass is 32.1. The Morgan fingerprint density at radius 1 is 1.62 bits per heavy atom. The first-order chi connectivity index (χ1) is 6.15. The number of nitro benzene ring substituents is 1. The van der Waals surface area contributed by atoms with Crippen molar-refractivity contribution in [2.75, 3.05) is 0 Å². The number of benzene rings is 1. The molecule has 0 spiro atoms. The first-order valence-electron chi connectivity index (χ1n) is 3.17. The number of hydrogen-bond donors (Lipinski definition) is 0. The fraction of sp³-hybridized carbons (Fsp3) is 0. The average Bonchev–Trinajstić information content (AvgIpc) is 2.04. The van der Waals surface area contributed by atoms with Crippen molar-refractivity contribution < 1.29 is 9.31 Å². The van der Waals surface area contributed by atoms with E-state index < -0.39 is 16.4 Å². The highest BCUT2D eigenvalue weighted by Gasteiger charge is 2.12. The zero-order valence-electron chi connectivity index (χ0n) is 6.23. The monoisotopic (exact) mass is 198 g/mol. The van der Waals surface area contributed by atoms with Gasteiger partial charge in [0.2, 0.25) is 5.82 Å². The lowest BCUT2D eigenvalue weighted by Gasteiger charge is -1.93. The lowest BCUT2D eigenvalue weighted by Crippen LogP contribution is -1.90. The highest BCUT2D eigenvalue weighted by Crippen LogP contribution is 2.21. The zero-order valence-corrected chi connectivity index (χ0v) is 7.05. The summed E-state index contributed by atoms with van der Waals surface area (Å²) >= 11 is 4.29. The molecule has 1 rings (SSSR count). The molecular formula is C7H3FN2O2S. The third-order valence-electron chi connectivity index (χ3n) is 1.30. The molecule has 0 aliphatic carbocycles. The van der Waals surface area contributed by atoms with E-state index in [-0.39, 0.29) is 5.69 Å². The fourth-order valence-corrected chi connectivity index (χ4v) is 0.872. The molecule has 6 heteroatoms. The number of isothiocyanates is 1. The Morgan fingerprint density at radius 3 is 2.77 bits per heavy atom. The number of thiocarbonyl (C=S) groups is 1. The van der Waals surface area contributed by atoms with Crippen LogP contribution in [-0.2, 0) is 0 Å². The second kappa shape index (κ2) is 3.84. The summed E-state index contributed by atoms with van der Waals surface area (Å²) in [5.74, 6) is -0.934. The van der Waals surface area contributed by atoms with Crippen LogP contribution in [-0.4, -0.2) is 10.1 Å². The summed E-state index contributed by atoms with van der Waals surface area (Å²) in [5.41, 5.74) is -0.374. The van der Waals surface area contributed by atoms with Gasteiger partial charge in [0.05, 0.1) is 15.8 Å². The quantitative estimate of drug-likeness (QED) is 0.317. The van der Waals surface area contributed by atoms with Crippen molar-refractivity contribution in [1.82, 2.24) is 0 Å². The van der Waals surface area contributed by atoms with Crippen LogP contribution in [0.25, 0.3) is 0 Å². The van der Waals surface area contributed by atoms with Crippen molar-refractivity contribution in [3.63, 3.8) is 0 Å². The van der Waals surface area contributed by atoms with Crippen LogP contribution in [0.5, 0.6) is 0 Å². The van der Waals surface area contributed by atoms with Gasteiger partial charge in [-0.1, -0.05) is 0 Å². The normalized spacial score (nSPS) is 9.00. The van der Waals surface area contributed by atoms with E-state index in [9.17, 15) is 14.5 Å². The molecule has 0 saturated heterocycles. The van der Waals surface area contributed by atoms with Gasteiger partial charge in [-0.3, -0.25) is 10.1 Å². The molecule has 0 saturated carbocycles. The zero-order chi connectivity index (χ0) is 9.84. The van der Waals surface area contributed by atoms with Crippen molar-refractivity contribution >= 4 is 28.8 Å². The summed E-state index contributed by atoms with van der Waals surface area (Å²) in [6.45, 7) is 0. The van der Waals surface area contributed by atoms with E-state index >= 15 is 0 Å². The predicted molar refractivity (Wildman–Crippen MR) is 47.7 cm³/mol. The molecule has 0 aromatic heterocycles. The molecule has 0 heterocycles. The summed E-state index contributed by atoms with van der Waals surface area (Å²) in [4.78, 5) is 12.9. The molecule has 0 radical (unpaired) electrons. The third kappa shape index (κ3) is 2.14. The Kier molecular flexibility index (Phi) is 2.79. The predicted octanol–water partition coefficient (Wildman–Crippen LogP) is 2.47. The first-order valence-corrected chi connectivity index (χ1v) is 3.58. The van der Waals surface area contributed by atoms with Gasteiger partial charge in [-0.2, -0.15) is 9.38 Å². The molecule has 4 nitrogen and oxygen atoms in total. The fourth-order valence-electron chi connectivity index (χ4n) is 0.766. The minimum Gasteiger partial charge on any atom is -0.258 e. The van der Waals surface area contributed by atoms with Gasteiger partial charge in [0.15, 0.2) is 0 Å². The minimum absolute atomic E-state index is 0.207. The van der Waals surface area contributed by atoms with Gasteiger partial charge in [0.25, 0.3) is 0 Å². The molecular weight excluding hydrogens is 195 g/mol. The average molecular weight is 198 g/mol. The summed E-state index contributed by atoms with van der Waals surface area (Å²) in [6, 6.07) is 3.25. The number of aliphatic imine (C=N–C) groups is 1. The van der Waals surface area contributed by atoms with Gasteiger partial charge in [0, 0.05) is 12.1 Å². The van der Waals surface area contributed by atoms with Crippen LogP contribution in [0.1, 0.15) is 0 Å². The SMILES string of the molecule is O=[N+]([O-])c1ccc(N=C=S)cc1F. The summed E-state index contributed by atoms with van der Waals surface area (Å²) in [6.07, 6.45) is 0. The van der Waals surface area contributed by atoms with Crippen molar-refractivity contribution in [2.24, 2.45) is 4.99 Å². The maximum atomic E-state index is 12.9. The second-order valence-corrected chi connectivity index (χ2v) is 2.28. The Hall–Kier alpha value is -1.65. The molecule has 0 unspecified atom stereocenters. The topological polar surface area (TPSA) is 55.5 Å². The van der Waals surface area contributed by atoms with Gasteiger partial charge >= 0.3 is 5.69 Å². The van der Waals surface area contributed by atoms with E-state index in [0.29, 0.717) is 0 Å². The molecule has 1 aromatic carbocycles. The highest BCUT2D eigenvalue weighted by molar-refractivity contribution is 7.78. The van der Waals surface area contributed by atoms with E-state index in [0.717, 1.165) is 12.1 Å². The lowest BCUT2D eigenvalue weighted by atomic mass is 10.3. The minimum atomic E-state index is -0.934. The van der Waals surface area contributed by atoms with Crippen LogP contribution < -0.4 is 0 Å². The van der Waals surface area contributed by atoms with Crippen LogP contribution in [0, 0.1) is 15.9 Å². The van der Waals surface area contributed by atoms with Gasteiger partial charge in [-0.05, 0) is 18.3 Å². The maximum Gasteiger partial charge on any atom is 0.304 e. The van der Waals surface area contributed by atoms with Gasteiger partial charge in [0.1, 0.15) is 0 Å². The van der Waals surface area contributed by atoms with E-state index in [2.05, 4.69) is 17.2 Å². The summed E-state index contributed by atoms with van der Waals surface area (Å²) in [7, 11) is 0. The Balaban J connectivity index is 3.19. The van der Waals surface area contributed by atoms with E-state index in [4.69, 9.17) is 0 Å². The van der Waals surface area contributed by atoms with Gasteiger partial charge < -0.3 is 0 Å². The van der Waals surface area contributed by atoms with Crippen molar-refractivity contribution in [3.8, 4) is 0 Å². The van der Waals surface area contributed by atoms with Crippen molar-refractivity contribution in [2.45, 2.75) is 0 Å². The van der Waals surface area contributed by atoms with E-state index in [1.54, 1.807) is 0 Å². The number of halogens is 1. The summed E-state index contributed by atoms with van der Waals surface area (Å²) in [5, 5.41) is 12.2. The smallest absolute Gasteiger partial charge is 0.258 e. The molecule has 0 N–H and O–H groups in total. The lowest BCUT2D eigenvalue weighted by molar-refractivity contribution is -0.387. The van der Waals surface area contributed by atoms with Crippen LogP contribution in [0.2, 0.25) is 0 Å². The van der Waals surface area contributed by atoms with Crippen LogP contribution in [0.3, 0.4) is 0 Å². The van der Waals surface area contributed by atoms with E-state index in [1.807, 2.05) is 5.16 Å². The third-order valence-corrected chi connectivity index (χ3v) is 1.39. The number of nitrogens with zero attached hydrogens (tertiary/aromatic N) is 2. The molecule has 1 aromatic rings. The molecule has 0 fully saturated rings. The first kappa shape index (κ1) is 9.44. The molecule has 13 heavy (non-hydrogen) atoms. The van der Waals surface area contributed by atoms with Gasteiger partial charge in [-0.15, -0.1) is 0 Å². The number of rotatable bonds is 2. The van der Waals surface area contributed by atoms with Gasteiger partial charge in [-0.25, -0.2) is 0 Å². The number of hydrogen-bond acceptors (Lipinski definition) is 4. The van der Waals surface area contributed by atoms with Crippen molar-refractivity contribution in [1.29, 1.82) is 0 Å². The Morgan fingerprint density at radius 2 is 2.31 bits per heavy atom. The molecule has 0 aliphatic rings. The molecule has 0 atom stereocenters. The molecule has 0 aliphatic heterocycles. The summed E-state index contributed by atoms with van der Waals surface area (Å²) < 4.78 is 12.9. The second-order valence-electron chi connectivity index (χ2n) is 2.10. The molecule has 0 amide bonds. The van der Waals surface area contributed by atoms with E-state index in [1.165, 1.54) is 6.07 Å². The Labute approximate surface area is 77.9 Å². The number of nitro groups is 1. The standard InChI is InChI=1S/C7H3FN2O2S/c8-6-3-5(9-4-13)1-2-7(6)10(11)12/h1-3H. The maximum absolute atomic E-state index is 12.9. The molecule has 0 bridgehead atoms. The molecule has 66 valence electrons. The van der Waals surface area contributed by atoms with Crippen LogP contribution in [0.15, 0.2) is 23.2 Å². The van der Waals surface area contributed by atoms with Crippen molar-refractivity contribution in [3.05, 3.63) is 34.1 Å². The van der Waals surface area contributed by atoms with Crippen LogP contribution in [0.4, 0.5) is 15.8 Å².